The van der Waals surface area contributed by atoms with Crippen molar-refractivity contribution >= 4 is 23.5 Å². The van der Waals surface area contributed by atoms with Crippen molar-refractivity contribution in [3.63, 3.8) is 0 Å². The molecule has 70 valence electrons. The van der Waals surface area contributed by atoms with E-state index in [-0.39, 0.29) is 6.42 Å². The molecule has 0 spiro atoms. The van der Waals surface area contributed by atoms with Gasteiger partial charge in [0, 0.05) is 18.7 Å². The molecule has 12 heavy (non-hydrogen) atoms. The SMILES string of the molecule is CCCC(=O)OC(=O)CCCCl. The molecule has 4 heteroatoms. The third kappa shape index (κ3) is 6.16. The van der Waals surface area contributed by atoms with E-state index in [1.807, 2.05) is 6.92 Å². The summed E-state index contributed by atoms with van der Waals surface area (Å²) >= 11 is 5.35. The summed E-state index contributed by atoms with van der Waals surface area (Å²) in [5, 5.41) is 0. The largest absolute Gasteiger partial charge is 0.393 e. The van der Waals surface area contributed by atoms with E-state index in [0.717, 1.165) is 0 Å². The average molecular weight is 193 g/mol. The second-order valence-corrected chi connectivity index (χ2v) is 2.77. The van der Waals surface area contributed by atoms with Gasteiger partial charge >= 0.3 is 11.9 Å². The molecule has 0 unspecified atom stereocenters. The summed E-state index contributed by atoms with van der Waals surface area (Å²) in [6, 6.07) is 0. The van der Waals surface area contributed by atoms with Crippen LogP contribution in [0.1, 0.15) is 32.6 Å². The lowest BCUT2D eigenvalue weighted by Crippen LogP contribution is -2.11. The van der Waals surface area contributed by atoms with Gasteiger partial charge in [-0.1, -0.05) is 6.92 Å². The number of alkyl halides is 1. The molecule has 0 aliphatic heterocycles. The van der Waals surface area contributed by atoms with Gasteiger partial charge in [-0.2, -0.15) is 0 Å². The molecule has 0 heterocycles. The summed E-state index contributed by atoms with van der Waals surface area (Å²) in [7, 11) is 0. The molecule has 0 aromatic carbocycles. The van der Waals surface area contributed by atoms with Crippen molar-refractivity contribution in [2.45, 2.75) is 32.6 Å². The zero-order valence-electron chi connectivity index (χ0n) is 7.14. The first-order chi connectivity index (χ1) is 5.70. The van der Waals surface area contributed by atoms with E-state index >= 15 is 0 Å². The van der Waals surface area contributed by atoms with Crippen molar-refractivity contribution in [3.8, 4) is 0 Å². The van der Waals surface area contributed by atoms with Gasteiger partial charge in [0.15, 0.2) is 0 Å². The van der Waals surface area contributed by atoms with Gasteiger partial charge in [0.25, 0.3) is 0 Å². The van der Waals surface area contributed by atoms with E-state index in [1.165, 1.54) is 0 Å². The summed E-state index contributed by atoms with van der Waals surface area (Å²) < 4.78 is 4.46. The number of hydrogen-bond acceptors (Lipinski definition) is 3. The van der Waals surface area contributed by atoms with Gasteiger partial charge < -0.3 is 4.74 Å². The fraction of sp³-hybridized carbons (Fsp3) is 0.750. The number of rotatable bonds is 5. The maximum atomic E-state index is 10.8. The maximum Gasteiger partial charge on any atom is 0.313 e. The molecule has 0 aromatic rings. The maximum absolute atomic E-state index is 10.8. The van der Waals surface area contributed by atoms with Crippen LogP contribution in [-0.4, -0.2) is 17.8 Å². The first-order valence-corrected chi connectivity index (χ1v) is 4.53. The number of halogens is 1. The highest BCUT2D eigenvalue weighted by atomic mass is 35.5. The van der Waals surface area contributed by atoms with Crippen LogP contribution in [0.15, 0.2) is 0 Å². The predicted octanol–water partition coefficient (Wildman–Crippen LogP) is 1.88. The van der Waals surface area contributed by atoms with E-state index in [9.17, 15) is 9.59 Å². The normalized spacial score (nSPS) is 9.50. The minimum atomic E-state index is -0.478. The van der Waals surface area contributed by atoms with Gasteiger partial charge in [-0.3, -0.25) is 9.59 Å². The third-order valence-electron chi connectivity index (χ3n) is 1.20. The van der Waals surface area contributed by atoms with Gasteiger partial charge in [-0.15, -0.1) is 11.6 Å². The predicted molar refractivity (Wildman–Crippen MR) is 46.0 cm³/mol. The first-order valence-electron chi connectivity index (χ1n) is 4.00. The topological polar surface area (TPSA) is 43.4 Å². The Morgan fingerprint density at radius 2 is 1.83 bits per heavy atom. The molecular weight excluding hydrogens is 180 g/mol. The Kier molecular flexibility index (Phi) is 6.76. The van der Waals surface area contributed by atoms with Crippen molar-refractivity contribution in [1.82, 2.24) is 0 Å². The Bertz CT molecular complexity index is 156. The lowest BCUT2D eigenvalue weighted by Gasteiger charge is -1.99. The lowest BCUT2D eigenvalue weighted by molar-refractivity contribution is -0.159. The molecule has 0 saturated heterocycles. The Hall–Kier alpha value is -0.570. The average Bonchev–Trinajstić information content (AvgIpc) is 2.01. The zero-order valence-corrected chi connectivity index (χ0v) is 7.89. The molecule has 0 radical (unpaired) electrons. The van der Waals surface area contributed by atoms with E-state index in [1.54, 1.807) is 0 Å². The number of ether oxygens (including phenoxy) is 1. The molecule has 0 atom stereocenters. The summed E-state index contributed by atoms with van der Waals surface area (Å²) in [5.41, 5.74) is 0. The molecule has 0 saturated carbocycles. The zero-order chi connectivity index (χ0) is 9.40. The van der Waals surface area contributed by atoms with Crippen LogP contribution >= 0.6 is 11.6 Å². The Morgan fingerprint density at radius 3 is 2.33 bits per heavy atom. The highest BCUT2D eigenvalue weighted by Gasteiger charge is 2.07. The number of carbonyl (C=O) groups is 2. The van der Waals surface area contributed by atoms with Crippen LogP contribution in [0.5, 0.6) is 0 Å². The molecule has 0 aromatic heterocycles. The molecule has 0 bridgehead atoms. The molecule has 3 nitrogen and oxygen atoms in total. The van der Waals surface area contributed by atoms with Crippen LogP contribution in [0.2, 0.25) is 0 Å². The van der Waals surface area contributed by atoms with Crippen LogP contribution in [0, 0.1) is 0 Å². The monoisotopic (exact) mass is 192 g/mol. The summed E-state index contributed by atoms with van der Waals surface area (Å²) in [6.07, 6.45) is 1.77. The summed E-state index contributed by atoms with van der Waals surface area (Å²) in [6.45, 7) is 1.85. The Morgan fingerprint density at radius 1 is 1.25 bits per heavy atom. The number of hydrogen-bond donors (Lipinski definition) is 0. The van der Waals surface area contributed by atoms with Crippen LogP contribution in [0.4, 0.5) is 0 Å². The highest BCUT2D eigenvalue weighted by Crippen LogP contribution is 1.98. The van der Waals surface area contributed by atoms with Crippen molar-refractivity contribution in [2.75, 3.05) is 5.88 Å². The molecule has 0 fully saturated rings. The third-order valence-corrected chi connectivity index (χ3v) is 1.46. The molecule has 0 rings (SSSR count). The molecular formula is C8H13ClO3. The quantitative estimate of drug-likeness (QED) is 0.380. The van der Waals surface area contributed by atoms with Crippen molar-refractivity contribution < 1.29 is 14.3 Å². The van der Waals surface area contributed by atoms with E-state index in [0.29, 0.717) is 25.1 Å². The van der Waals surface area contributed by atoms with Crippen molar-refractivity contribution in [1.29, 1.82) is 0 Å². The molecule has 0 amide bonds. The highest BCUT2D eigenvalue weighted by molar-refractivity contribution is 6.17. The van der Waals surface area contributed by atoms with Gasteiger partial charge in [0.1, 0.15) is 0 Å². The molecule has 0 N–H and O–H groups in total. The lowest BCUT2D eigenvalue weighted by atomic mass is 10.3. The van der Waals surface area contributed by atoms with Crippen molar-refractivity contribution in [3.05, 3.63) is 0 Å². The second-order valence-electron chi connectivity index (χ2n) is 2.39. The molecule has 0 aliphatic carbocycles. The fourth-order valence-corrected chi connectivity index (χ4v) is 0.778. The van der Waals surface area contributed by atoms with Crippen LogP contribution < -0.4 is 0 Å². The number of esters is 2. The van der Waals surface area contributed by atoms with E-state index in [2.05, 4.69) is 4.74 Å². The van der Waals surface area contributed by atoms with Gasteiger partial charge in [-0.25, -0.2) is 0 Å². The minimum Gasteiger partial charge on any atom is -0.393 e. The van der Waals surface area contributed by atoms with Crippen LogP contribution in [-0.2, 0) is 14.3 Å². The van der Waals surface area contributed by atoms with Crippen molar-refractivity contribution in [2.24, 2.45) is 0 Å². The second kappa shape index (κ2) is 7.10. The van der Waals surface area contributed by atoms with Crippen LogP contribution in [0.25, 0.3) is 0 Å². The minimum absolute atomic E-state index is 0.221. The summed E-state index contributed by atoms with van der Waals surface area (Å²) in [5.74, 6) is -0.511. The van der Waals surface area contributed by atoms with Gasteiger partial charge in [-0.05, 0) is 12.8 Å². The standard InChI is InChI=1S/C8H13ClO3/c1-2-4-7(10)12-8(11)5-3-6-9/h2-6H2,1H3. The Labute approximate surface area is 77.0 Å². The van der Waals surface area contributed by atoms with Gasteiger partial charge in [0.05, 0.1) is 0 Å². The fourth-order valence-electron chi connectivity index (χ4n) is 0.644. The van der Waals surface area contributed by atoms with E-state index < -0.39 is 11.9 Å². The molecule has 0 aliphatic rings. The van der Waals surface area contributed by atoms with Gasteiger partial charge in [0.2, 0.25) is 0 Å². The summed E-state index contributed by atoms with van der Waals surface area (Å²) in [4.78, 5) is 21.5. The van der Waals surface area contributed by atoms with E-state index in [4.69, 9.17) is 11.6 Å². The number of carbonyl (C=O) groups excluding carboxylic acids is 2. The Balaban J connectivity index is 3.47. The smallest absolute Gasteiger partial charge is 0.313 e. The first kappa shape index (κ1) is 11.4. The van der Waals surface area contributed by atoms with Crippen LogP contribution in [0.3, 0.4) is 0 Å².